The van der Waals surface area contributed by atoms with Crippen molar-refractivity contribution >= 4 is 37.3 Å². The van der Waals surface area contributed by atoms with Crippen LogP contribution in [0.4, 0.5) is 0 Å². The van der Waals surface area contributed by atoms with Gasteiger partial charge >= 0.3 is 0 Å². The summed E-state index contributed by atoms with van der Waals surface area (Å²) in [5.74, 6) is -0.0805. The average molecular weight is 379 g/mol. The zero-order valence-electron chi connectivity index (χ0n) is 14.3. The molecular formula is C18H22N2O3S2. The number of likely N-dealkylation sites (tertiary alicyclic amines) is 1. The van der Waals surface area contributed by atoms with Crippen molar-refractivity contribution in [2.24, 2.45) is 0 Å². The summed E-state index contributed by atoms with van der Waals surface area (Å²) in [4.78, 5) is 18.7. The second-order valence-electron chi connectivity index (χ2n) is 7.10. The Hall–Kier alpha value is -1.47. The van der Waals surface area contributed by atoms with Gasteiger partial charge in [-0.05, 0) is 38.0 Å². The van der Waals surface area contributed by atoms with Crippen molar-refractivity contribution < 1.29 is 13.2 Å². The van der Waals surface area contributed by atoms with Gasteiger partial charge in [-0.25, -0.2) is 13.4 Å². The smallest absolute Gasteiger partial charge is 0.253 e. The van der Waals surface area contributed by atoms with Gasteiger partial charge in [0.2, 0.25) is 0 Å². The van der Waals surface area contributed by atoms with Crippen molar-refractivity contribution in [1.29, 1.82) is 0 Å². The number of rotatable bonds is 3. The van der Waals surface area contributed by atoms with E-state index in [2.05, 4.69) is 4.98 Å². The molecule has 7 heteroatoms. The number of aryl methyl sites for hydroxylation is 1. The van der Waals surface area contributed by atoms with E-state index in [0.29, 0.717) is 18.7 Å². The summed E-state index contributed by atoms with van der Waals surface area (Å²) < 4.78 is 26.4. The van der Waals surface area contributed by atoms with Gasteiger partial charge in [-0.1, -0.05) is 19.3 Å². The van der Waals surface area contributed by atoms with Gasteiger partial charge in [0, 0.05) is 18.7 Å². The van der Waals surface area contributed by atoms with E-state index in [1.54, 1.807) is 22.3 Å². The maximum absolute atomic E-state index is 12.7. The maximum atomic E-state index is 12.7. The van der Waals surface area contributed by atoms with Crippen LogP contribution >= 0.6 is 11.3 Å². The lowest BCUT2D eigenvalue weighted by atomic mass is 10.0. The molecule has 25 heavy (non-hydrogen) atoms. The van der Waals surface area contributed by atoms with Gasteiger partial charge in [0.05, 0.1) is 25.7 Å². The van der Waals surface area contributed by atoms with E-state index in [0.717, 1.165) is 47.3 Å². The van der Waals surface area contributed by atoms with E-state index >= 15 is 0 Å². The summed E-state index contributed by atoms with van der Waals surface area (Å²) in [6.45, 7) is 2.61. The fraction of sp³-hybridized carbons (Fsp3) is 0.556. The quantitative estimate of drug-likeness (QED) is 0.823. The molecular weight excluding hydrogens is 356 g/mol. The highest BCUT2D eigenvalue weighted by Crippen LogP contribution is 2.31. The monoisotopic (exact) mass is 378 g/mol. The van der Waals surface area contributed by atoms with Gasteiger partial charge < -0.3 is 4.90 Å². The Kier molecular flexibility index (Phi) is 4.32. The van der Waals surface area contributed by atoms with Crippen LogP contribution in [0.25, 0.3) is 10.2 Å². The first-order valence-electron chi connectivity index (χ1n) is 8.84. The molecule has 2 heterocycles. The fourth-order valence-corrected chi connectivity index (χ4v) is 7.01. The number of carbonyl (C=O) groups excluding carboxylic acids is 1. The van der Waals surface area contributed by atoms with Crippen LogP contribution in [0, 0.1) is 6.92 Å². The lowest BCUT2D eigenvalue weighted by Gasteiger charge is -2.40. The van der Waals surface area contributed by atoms with E-state index in [-0.39, 0.29) is 16.4 Å². The topological polar surface area (TPSA) is 67.3 Å². The summed E-state index contributed by atoms with van der Waals surface area (Å²) in [6.07, 6.45) is 4.73. The zero-order chi connectivity index (χ0) is 17.6. The number of sulfone groups is 1. The first kappa shape index (κ1) is 17.0. The molecule has 1 saturated carbocycles. The van der Waals surface area contributed by atoms with Gasteiger partial charge in [0.15, 0.2) is 9.84 Å². The minimum Gasteiger partial charge on any atom is -0.336 e. The molecule has 1 amide bonds. The molecule has 5 nitrogen and oxygen atoms in total. The molecule has 2 aliphatic rings. The van der Waals surface area contributed by atoms with Crippen LogP contribution in [0.2, 0.25) is 0 Å². The van der Waals surface area contributed by atoms with E-state index in [4.69, 9.17) is 0 Å². The highest BCUT2D eigenvalue weighted by Gasteiger charge is 2.43. The third-order valence-electron chi connectivity index (χ3n) is 5.36. The Bertz CT molecular complexity index is 908. The fourth-order valence-electron chi connectivity index (χ4n) is 3.83. The third-order valence-corrected chi connectivity index (χ3v) is 8.92. The van der Waals surface area contributed by atoms with Crippen molar-refractivity contribution in [3.8, 4) is 0 Å². The molecule has 0 N–H and O–H groups in total. The van der Waals surface area contributed by atoms with Crippen LogP contribution in [0.15, 0.2) is 18.2 Å². The molecule has 0 atom stereocenters. The van der Waals surface area contributed by atoms with Crippen LogP contribution in [0.3, 0.4) is 0 Å². The third kappa shape index (κ3) is 3.08. The van der Waals surface area contributed by atoms with Crippen molar-refractivity contribution in [3.05, 3.63) is 28.8 Å². The van der Waals surface area contributed by atoms with Crippen LogP contribution in [0.1, 0.15) is 47.5 Å². The van der Waals surface area contributed by atoms with Gasteiger partial charge in [-0.2, -0.15) is 0 Å². The number of hydrogen-bond acceptors (Lipinski definition) is 5. The molecule has 4 rings (SSSR count). The van der Waals surface area contributed by atoms with Gasteiger partial charge in [-0.15, -0.1) is 11.3 Å². The SMILES string of the molecule is Cc1nc2ccc(C(=O)N3CC(S(=O)(=O)C4CCCCC4)C3)cc2s1. The maximum Gasteiger partial charge on any atom is 0.253 e. The standard InChI is InChI=1S/C18H22N2O3S2/c1-12-19-16-8-7-13(9-17(16)24-12)18(21)20-10-15(11-20)25(22,23)14-5-3-2-4-6-14/h7-9,14-15H,2-6,10-11H2,1H3. The number of carbonyl (C=O) groups is 1. The minimum absolute atomic E-state index is 0.0805. The highest BCUT2D eigenvalue weighted by molar-refractivity contribution is 7.92. The van der Waals surface area contributed by atoms with Crippen molar-refractivity contribution in [3.63, 3.8) is 0 Å². The van der Waals surface area contributed by atoms with Gasteiger partial charge in [0.25, 0.3) is 5.91 Å². The predicted molar refractivity (Wildman–Crippen MR) is 99.8 cm³/mol. The molecule has 1 aliphatic heterocycles. The Labute approximate surface area is 152 Å². The van der Waals surface area contributed by atoms with E-state index < -0.39 is 9.84 Å². The molecule has 0 spiro atoms. The van der Waals surface area contributed by atoms with E-state index in [1.807, 2.05) is 19.1 Å². The van der Waals surface area contributed by atoms with Gasteiger partial charge in [-0.3, -0.25) is 4.79 Å². The van der Waals surface area contributed by atoms with Crippen molar-refractivity contribution in [2.75, 3.05) is 13.1 Å². The second-order valence-corrected chi connectivity index (χ2v) is 10.8. The Morgan fingerprint density at radius 1 is 1.16 bits per heavy atom. The molecule has 0 unspecified atom stereocenters. The van der Waals surface area contributed by atoms with Crippen LogP contribution in [-0.4, -0.2) is 47.8 Å². The molecule has 2 fully saturated rings. The van der Waals surface area contributed by atoms with E-state index in [9.17, 15) is 13.2 Å². The molecule has 0 bridgehead atoms. The predicted octanol–water partition coefficient (Wildman–Crippen LogP) is 3.18. The number of hydrogen-bond donors (Lipinski definition) is 0. The normalized spacial score (nSPS) is 20.0. The Morgan fingerprint density at radius 3 is 2.60 bits per heavy atom. The largest absolute Gasteiger partial charge is 0.336 e. The van der Waals surface area contributed by atoms with Gasteiger partial charge in [0.1, 0.15) is 0 Å². The molecule has 1 aliphatic carbocycles. The van der Waals surface area contributed by atoms with Crippen LogP contribution in [-0.2, 0) is 9.84 Å². The molecule has 1 aromatic heterocycles. The summed E-state index contributed by atoms with van der Waals surface area (Å²) in [7, 11) is -3.11. The number of thiazole rings is 1. The average Bonchev–Trinajstić information content (AvgIpc) is 2.93. The van der Waals surface area contributed by atoms with Crippen molar-refractivity contribution in [1.82, 2.24) is 9.88 Å². The second kappa shape index (κ2) is 6.36. The lowest BCUT2D eigenvalue weighted by molar-refractivity contribution is 0.0658. The molecule has 134 valence electrons. The Morgan fingerprint density at radius 2 is 1.88 bits per heavy atom. The van der Waals surface area contributed by atoms with E-state index in [1.165, 1.54) is 0 Å². The lowest BCUT2D eigenvalue weighted by Crippen LogP contribution is -2.58. The number of fused-ring (bicyclic) bond motifs is 1. The molecule has 0 radical (unpaired) electrons. The van der Waals surface area contributed by atoms with Crippen LogP contribution < -0.4 is 0 Å². The molecule has 2 aromatic rings. The zero-order valence-corrected chi connectivity index (χ0v) is 15.9. The summed E-state index contributed by atoms with van der Waals surface area (Å²) >= 11 is 1.57. The minimum atomic E-state index is -3.11. The summed E-state index contributed by atoms with van der Waals surface area (Å²) in [5.41, 5.74) is 1.52. The molecule has 1 saturated heterocycles. The summed E-state index contributed by atoms with van der Waals surface area (Å²) in [6, 6.07) is 5.51. The van der Waals surface area contributed by atoms with Crippen molar-refractivity contribution in [2.45, 2.75) is 49.5 Å². The Balaban J connectivity index is 1.44. The summed E-state index contributed by atoms with van der Waals surface area (Å²) in [5, 5.41) is 0.399. The van der Waals surface area contributed by atoms with Crippen LogP contribution in [0.5, 0.6) is 0 Å². The number of benzene rings is 1. The highest BCUT2D eigenvalue weighted by atomic mass is 32.2. The number of nitrogens with zero attached hydrogens (tertiary/aromatic N) is 2. The number of amides is 1. The first-order valence-corrected chi connectivity index (χ1v) is 11.3. The number of aromatic nitrogens is 1. The first-order chi connectivity index (χ1) is 11.9. The molecule has 1 aromatic carbocycles.